The fourth-order valence-electron chi connectivity index (χ4n) is 4.63. The lowest BCUT2D eigenvalue weighted by Gasteiger charge is -2.20. The van der Waals surface area contributed by atoms with Crippen molar-refractivity contribution < 1.29 is 38.3 Å². The minimum atomic E-state index is -1.58. The Morgan fingerprint density at radius 2 is 1.32 bits per heavy atom. The number of nitrogens with zero attached hydrogens (tertiary/aromatic N) is 1. The van der Waals surface area contributed by atoms with E-state index in [4.69, 9.17) is 9.57 Å². The SMILES string of the molecule is COC(=O)C[C@H](NC(=O)OCC1c2ccccc2-c2ccccc21)C(=O)ON1C(=O)c2ccccc2C1=O. The zero-order valence-electron chi connectivity index (χ0n) is 20.2. The van der Waals surface area contributed by atoms with Gasteiger partial charge in [0.15, 0.2) is 0 Å². The first kappa shape index (κ1) is 24.7. The highest BCUT2D eigenvalue weighted by Gasteiger charge is 2.40. The van der Waals surface area contributed by atoms with Crippen LogP contribution in [0.4, 0.5) is 4.79 Å². The fourth-order valence-corrected chi connectivity index (χ4v) is 4.63. The monoisotopic (exact) mass is 514 g/mol. The first-order valence-corrected chi connectivity index (χ1v) is 11.8. The van der Waals surface area contributed by atoms with Gasteiger partial charge in [0.2, 0.25) is 0 Å². The number of benzene rings is 3. The van der Waals surface area contributed by atoms with Crippen molar-refractivity contribution in [2.24, 2.45) is 0 Å². The molecule has 0 spiro atoms. The van der Waals surface area contributed by atoms with Crippen molar-refractivity contribution in [3.8, 4) is 11.1 Å². The standard InChI is InChI=1S/C28H22N2O8/c1-36-24(31)14-23(27(34)38-30-25(32)20-12-6-7-13-21(20)26(30)33)29-28(35)37-15-22-18-10-4-2-8-16(18)17-9-3-5-11-19(17)22/h2-13,22-23H,14-15H2,1H3,(H,29,35)/t23-/m0/s1. The summed E-state index contributed by atoms with van der Waals surface area (Å²) in [5.41, 5.74) is 4.23. The van der Waals surface area contributed by atoms with E-state index < -0.39 is 42.3 Å². The Bertz CT molecular complexity index is 1390. The van der Waals surface area contributed by atoms with Crippen LogP contribution in [0.5, 0.6) is 0 Å². The van der Waals surface area contributed by atoms with Crippen LogP contribution in [-0.4, -0.2) is 54.7 Å². The number of alkyl carbamates (subject to hydrolysis) is 1. The maximum absolute atomic E-state index is 12.9. The summed E-state index contributed by atoms with van der Waals surface area (Å²) in [5.74, 6) is -3.93. The van der Waals surface area contributed by atoms with E-state index in [2.05, 4.69) is 10.1 Å². The Morgan fingerprint density at radius 3 is 1.84 bits per heavy atom. The lowest BCUT2D eigenvalue weighted by molar-refractivity contribution is -0.172. The van der Waals surface area contributed by atoms with Crippen molar-refractivity contribution in [2.75, 3.05) is 13.7 Å². The molecule has 10 nitrogen and oxygen atoms in total. The molecule has 192 valence electrons. The van der Waals surface area contributed by atoms with E-state index in [-0.39, 0.29) is 23.7 Å². The number of amides is 3. The van der Waals surface area contributed by atoms with Crippen molar-refractivity contribution in [1.29, 1.82) is 0 Å². The average molecular weight is 514 g/mol. The van der Waals surface area contributed by atoms with Crippen molar-refractivity contribution in [1.82, 2.24) is 10.4 Å². The summed E-state index contributed by atoms with van der Waals surface area (Å²) in [4.78, 5) is 67.6. The van der Waals surface area contributed by atoms with Gasteiger partial charge < -0.3 is 19.6 Å². The van der Waals surface area contributed by atoms with E-state index in [1.165, 1.54) is 12.1 Å². The molecule has 0 saturated heterocycles. The molecular weight excluding hydrogens is 492 g/mol. The summed E-state index contributed by atoms with van der Waals surface area (Å²) in [6.45, 7) is -0.0295. The van der Waals surface area contributed by atoms with E-state index in [0.717, 1.165) is 29.4 Å². The Balaban J connectivity index is 1.27. The number of methoxy groups -OCH3 is 1. The van der Waals surface area contributed by atoms with Crippen molar-refractivity contribution in [2.45, 2.75) is 18.4 Å². The van der Waals surface area contributed by atoms with E-state index in [1.54, 1.807) is 12.1 Å². The molecule has 1 N–H and O–H groups in total. The van der Waals surface area contributed by atoms with Crippen molar-refractivity contribution >= 4 is 29.8 Å². The first-order chi connectivity index (χ1) is 18.4. The van der Waals surface area contributed by atoms with E-state index in [1.807, 2.05) is 48.5 Å². The van der Waals surface area contributed by atoms with Crippen LogP contribution in [-0.2, 0) is 23.9 Å². The molecule has 5 rings (SSSR count). The van der Waals surface area contributed by atoms with Gasteiger partial charge >= 0.3 is 18.0 Å². The van der Waals surface area contributed by atoms with Crippen LogP contribution >= 0.6 is 0 Å². The normalized spacial score (nSPS) is 14.3. The summed E-state index contributed by atoms with van der Waals surface area (Å²) < 4.78 is 10.0. The van der Waals surface area contributed by atoms with Gasteiger partial charge in [0.05, 0.1) is 24.7 Å². The smallest absolute Gasteiger partial charge is 0.407 e. The van der Waals surface area contributed by atoms with E-state index in [9.17, 15) is 24.0 Å². The number of fused-ring (bicyclic) bond motifs is 4. The molecule has 0 fully saturated rings. The number of hydrogen-bond acceptors (Lipinski definition) is 8. The molecule has 0 aromatic heterocycles. The van der Waals surface area contributed by atoms with Gasteiger partial charge in [-0.1, -0.05) is 65.7 Å². The maximum Gasteiger partial charge on any atom is 0.407 e. The summed E-state index contributed by atoms with van der Waals surface area (Å²) in [6, 6.07) is 20.0. The lowest BCUT2D eigenvalue weighted by atomic mass is 9.98. The first-order valence-electron chi connectivity index (χ1n) is 11.8. The van der Waals surface area contributed by atoms with Crippen molar-refractivity contribution in [3.63, 3.8) is 0 Å². The predicted octanol–water partition coefficient (Wildman–Crippen LogP) is 3.21. The molecule has 10 heteroatoms. The number of rotatable bonds is 7. The molecule has 1 heterocycles. The number of esters is 1. The topological polar surface area (TPSA) is 128 Å². The van der Waals surface area contributed by atoms with Gasteiger partial charge in [0, 0.05) is 5.92 Å². The molecule has 3 aromatic rings. The zero-order valence-corrected chi connectivity index (χ0v) is 20.2. The molecule has 38 heavy (non-hydrogen) atoms. The Morgan fingerprint density at radius 1 is 0.816 bits per heavy atom. The second-order valence-electron chi connectivity index (χ2n) is 8.66. The van der Waals surface area contributed by atoms with Gasteiger partial charge in [-0.2, -0.15) is 0 Å². The third kappa shape index (κ3) is 4.47. The lowest BCUT2D eigenvalue weighted by Crippen LogP contribution is -2.47. The Hall–Kier alpha value is -4.99. The number of ether oxygens (including phenoxy) is 2. The molecule has 0 unspecified atom stereocenters. The van der Waals surface area contributed by atoms with Crippen LogP contribution < -0.4 is 5.32 Å². The molecular formula is C28H22N2O8. The minimum Gasteiger partial charge on any atom is -0.469 e. The maximum atomic E-state index is 12.9. The Labute approximate surface area is 217 Å². The quantitative estimate of drug-likeness (QED) is 0.376. The zero-order chi connectivity index (χ0) is 26.8. The van der Waals surface area contributed by atoms with Crippen LogP contribution in [0.25, 0.3) is 11.1 Å². The fraction of sp³-hybridized carbons (Fsp3) is 0.179. The highest BCUT2D eigenvalue weighted by molar-refractivity contribution is 6.21. The largest absolute Gasteiger partial charge is 0.469 e. The summed E-state index contributed by atoms with van der Waals surface area (Å²) in [5, 5.41) is 2.60. The molecule has 1 aliphatic heterocycles. The van der Waals surface area contributed by atoms with Crippen LogP contribution in [0.3, 0.4) is 0 Å². The molecule has 3 aromatic carbocycles. The number of nitrogens with one attached hydrogen (secondary N) is 1. The molecule has 0 bridgehead atoms. The summed E-state index contributed by atoms with van der Waals surface area (Å²) >= 11 is 0. The van der Waals surface area contributed by atoms with Crippen LogP contribution in [0.2, 0.25) is 0 Å². The van der Waals surface area contributed by atoms with Crippen LogP contribution in [0, 0.1) is 0 Å². The highest BCUT2D eigenvalue weighted by atomic mass is 16.7. The van der Waals surface area contributed by atoms with Gasteiger partial charge in [0.25, 0.3) is 11.8 Å². The third-order valence-corrected chi connectivity index (χ3v) is 6.46. The molecule has 3 amide bonds. The Kier molecular flexibility index (Phi) is 6.61. The van der Waals surface area contributed by atoms with Crippen molar-refractivity contribution in [3.05, 3.63) is 95.1 Å². The number of carbonyl (C=O) groups excluding carboxylic acids is 5. The van der Waals surface area contributed by atoms with Crippen LogP contribution in [0.1, 0.15) is 44.2 Å². The number of carbonyl (C=O) groups is 5. The van der Waals surface area contributed by atoms with Gasteiger partial charge in [-0.15, -0.1) is 0 Å². The second-order valence-corrected chi connectivity index (χ2v) is 8.66. The molecule has 0 saturated carbocycles. The van der Waals surface area contributed by atoms with Gasteiger partial charge in [-0.3, -0.25) is 14.4 Å². The predicted molar refractivity (Wildman–Crippen MR) is 132 cm³/mol. The van der Waals surface area contributed by atoms with Gasteiger partial charge in [0.1, 0.15) is 12.6 Å². The molecule has 2 aliphatic rings. The summed E-state index contributed by atoms with van der Waals surface area (Å²) in [6.07, 6.45) is -1.59. The summed E-state index contributed by atoms with van der Waals surface area (Å²) in [7, 11) is 1.11. The average Bonchev–Trinajstić information content (AvgIpc) is 3.38. The molecule has 0 radical (unpaired) electrons. The van der Waals surface area contributed by atoms with E-state index in [0.29, 0.717) is 5.06 Å². The van der Waals surface area contributed by atoms with Crippen LogP contribution in [0.15, 0.2) is 72.8 Å². The minimum absolute atomic E-state index is 0.0295. The van der Waals surface area contributed by atoms with Gasteiger partial charge in [-0.25, -0.2) is 9.59 Å². The number of imide groups is 1. The molecule has 1 atom stereocenters. The highest BCUT2D eigenvalue weighted by Crippen LogP contribution is 2.44. The van der Waals surface area contributed by atoms with Gasteiger partial charge in [-0.05, 0) is 34.4 Å². The number of hydroxylamine groups is 2. The second kappa shape index (κ2) is 10.2. The number of hydrogen-bond donors (Lipinski definition) is 1. The van der Waals surface area contributed by atoms with E-state index >= 15 is 0 Å². The third-order valence-electron chi connectivity index (χ3n) is 6.46. The molecule has 1 aliphatic carbocycles.